The van der Waals surface area contributed by atoms with Gasteiger partial charge >= 0.3 is 0 Å². The van der Waals surface area contributed by atoms with Crippen LogP contribution in [0, 0.1) is 13.8 Å². The maximum absolute atomic E-state index is 11.4. The van der Waals surface area contributed by atoms with Gasteiger partial charge in [0.1, 0.15) is 0 Å². The maximum atomic E-state index is 11.4. The van der Waals surface area contributed by atoms with Crippen LogP contribution in [0.25, 0.3) is 0 Å². The van der Waals surface area contributed by atoms with Crippen LogP contribution >= 0.6 is 24.0 Å². The van der Waals surface area contributed by atoms with Gasteiger partial charge in [0.2, 0.25) is 5.91 Å². The van der Waals surface area contributed by atoms with E-state index in [1.165, 1.54) is 11.1 Å². The van der Waals surface area contributed by atoms with Crippen LogP contribution in [0.4, 0.5) is 5.69 Å². The summed E-state index contributed by atoms with van der Waals surface area (Å²) in [5.41, 5.74) is 9.05. The van der Waals surface area contributed by atoms with Crippen LogP contribution in [0.15, 0.2) is 23.2 Å². The Bertz CT molecular complexity index is 468. The molecular weight excluding hydrogens is 379 g/mol. The number of hydrogen-bond acceptors (Lipinski definition) is 2. The molecule has 0 radical (unpaired) electrons. The predicted octanol–water partition coefficient (Wildman–Crippen LogP) is 2.56. The zero-order valence-electron chi connectivity index (χ0n) is 12.9. The summed E-state index contributed by atoms with van der Waals surface area (Å²) in [7, 11) is 0. The molecule has 0 fully saturated rings. The molecule has 0 aliphatic heterocycles. The van der Waals surface area contributed by atoms with Crippen molar-refractivity contribution < 1.29 is 4.79 Å². The lowest BCUT2D eigenvalue weighted by Gasteiger charge is -2.08. The van der Waals surface area contributed by atoms with Gasteiger partial charge in [-0.3, -0.25) is 9.79 Å². The topological polar surface area (TPSA) is 79.5 Å². The molecule has 1 aromatic carbocycles. The third-order valence-electron chi connectivity index (χ3n) is 2.69. The summed E-state index contributed by atoms with van der Waals surface area (Å²) in [5, 5.41) is 5.84. The van der Waals surface area contributed by atoms with Gasteiger partial charge in [-0.1, -0.05) is 13.0 Å². The van der Waals surface area contributed by atoms with Crippen molar-refractivity contribution in [2.45, 2.75) is 33.6 Å². The number of carbonyl (C=O) groups excluding carboxylic acids is 1. The van der Waals surface area contributed by atoms with E-state index in [0.717, 1.165) is 12.1 Å². The Morgan fingerprint density at radius 1 is 1.24 bits per heavy atom. The van der Waals surface area contributed by atoms with Gasteiger partial charge in [-0.15, -0.1) is 24.0 Å². The van der Waals surface area contributed by atoms with E-state index < -0.39 is 0 Å². The number of guanidine groups is 1. The number of benzene rings is 1. The Labute approximate surface area is 143 Å². The second kappa shape index (κ2) is 10.4. The molecule has 1 rings (SSSR count). The van der Waals surface area contributed by atoms with Crippen LogP contribution in [0.5, 0.6) is 0 Å². The van der Waals surface area contributed by atoms with Gasteiger partial charge in [0.15, 0.2) is 5.96 Å². The minimum atomic E-state index is 0. The number of nitrogens with two attached hydrogens (primary N) is 1. The van der Waals surface area contributed by atoms with Crippen molar-refractivity contribution in [1.82, 2.24) is 5.32 Å². The molecule has 0 aliphatic rings. The summed E-state index contributed by atoms with van der Waals surface area (Å²) in [5.74, 6) is 0.341. The first-order chi connectivity index (χ1) is 9.51. The first-order valence-corrected chi connectivity index (χ1v) is 6.93. The van der Waals surface area contributed by atoms with Gasteiger partial charge in [-0.05, 0) is 43.5 Å². The highest BCUT2D eigenvalue weighted by atomic mass is 127. The number of aliphatic imine (C=N–C) groups is 1. The van der Waals surface area contributed by atoms with E-state index in [1.807, 2.05) is 32.9 Å². The lowest BCUT2D eigenvalue weighted by molar-refractivity contribution is -0.120. The molecule has 0 aromatic heterocycles. The summed E-state index contributed by atoms with van der Waals surface area (Å²) >= 11 is 0. The van der Waals surface area contributed by atoms with Crippen molar-refractivity contribution in [2.75, 3.05) is 18.4 Å². The van der Waals surface area contributed by atoms with E-state index >= 15 is 0 Å². The molecule has 0 saturated heterocycles. The lowest BCUT2D eigenvalue weighted by atomic mass is 10.1. The molecule has 0 heterocycles. The average molecular weight is 404 g/mol. The molecule has 0 atom stereocenters. The molecule has 1 amide bonds. The van der Waals surface area contributed by atoms with Crippen molar-refractivity contribution in [1.29, 1.82) is 0 Å². The molecule has 0 aliphatic carbocycles. The quantitative estimate of drug-likeness (QED) is 0.387. The Balaban J connectivity index is 0.00000400. The van der Waals surface area contributed by atoms with Gasteiger partial charge in [0, 0.05) is 18.7 Å². The van der Waals surface area contributed by atoms with Crippen molar-refractivity contribution in [3.05, 3.63) is 29.3 Å². The number of nitrogens with zero attached hydrogens (tertiary/aromatic N) is 1. The summed E-state index contributed by atoms with van der Waals surface area (Å²) in [6, 6.07) is 6.10. The average Bonchev–Trinajstić information content (AvgIpc) is 2.35. The van der Waals surface area contributed by atoms with E-state index in [9.17, 15) is 4.79 Å². The van der Waals surface area contributed by atoms with Crippen molar-refractivity contribution in [3.63, 3.8) is 0 Å². The SMILES string of the molecule is CCCNC(=O)CCN=C(N)Nc1cc(C)cc(C)c1.I. The summed E-state index contributed by atoms with van der Waals surface area (Å²) in [6.45, 7) is 7.18. The number of anilines is 1. The van der Waals surface area contributed by atoms with Crippen LogP contribution in [0.3, 0.4) is 0 Å². The second-order valence-electron chi connectivity index (χ2n) is 4.87. The van der Waals surface area contributed by atoms with E-state index in [1.54, 1.807) is 0 Å². The van der Waals surface area contributed by atoms with Gasteiger partial charge in [0.25, 0.3) is 0 Å². The molecule has 21 heavy (non-hydrogen) atoms. The number of rotatable bonds is 6. The van der Waals surface area contributed by atoms with Crippen molar-refractivity contribution in [2.24, 2.45) is 10.7 Å². The Hall–Kier alpha value is -1.31. The fourth-order valence-corrected chi connectivity index (χ4v) is 1.86. The normalized spacial score (nSPS) is 10.7. The Morgan fingerprint density at radius 2 is 1.86 bits per heavy atom. The van der Waals surface area contributed by atoms with Gasteiger partial charge in [0.05, 0.1) is 6.54 Å². The Morgan fingerprint density at radius 3 is 2.43 bits per heavy atom. The highest BCUT2D eigenvalue weighted by molar-refractivity contribution is 14.0. The van der Waals surface area contributed by atoms with Gasteiger partial charge < -0.3 is 16.4 Å². The molecule has 0 unspecified atom stereocenters. The molecule has 118 valence electrons. The zero-order chi connectivity index (χ0) is 15.0. The van der Waals surface area contributed by atoms with E-state index in [-0.39, 0.29) is 29.9 Å². The fourth-order valence-electron chi connectivity index (χ4n) is 1.86. The summed E-state index contributed by atoms with van der Waals surface area (Å²) < 4.78 is 0. The molecule has 0 saturated carbocycles. The standard InChI is InChI=1S/C15H24N4O.HI/c1-4-6-17-14(20)5-7-18-15(16)19-13-9-11(2)8-12(3)10-13;/h8-10H,4-7H2,1-3H3,(H,17,20)(H3,16,18,19);1H. The molecule has 1 aromatic rings. The minimum absolute atomic E-state index is 0. The number of hydrogen-bond donors (Lipinski definition) is 3. The first kappa shape index (κ1) is 19.7. The maximum Gasteiger partial charge on any atom is 0.221 e. The van der Waals surface area contributed by atoms with Crippen molar-refractivity contribution >= 4 is 41.5 Å². The monoisotopic (exact) mass is 404 g/mol. The number of halogens is 1. The first-order valence-electron chi connectivity index (χ1n) is 6.93. The van der Waals surface area contributed by atoms with Gasteiger partial charge in [-0.2, -0.15) is 0 Å². The third kappa shape index (κ3) is 8.54. The largest absolute Gasteiger partial charge is 0.370 e. The summed E-state index contributed by atoms with van der Waals surface area (Å²) in [6.07, 6.45) is 1.29. The van der Waals surface area contributed by atoms with E-state index in [4.69, 9.17) is 5.73 Å². The third-order valence-corrected chi connectivity index (χ3v) is 2.69. The molecular formula is C15H25IN4O. The highest BCUT2D eigenvalue weighted by Crippen LogP contribution is 2.13. The number of amides is 1. The Kier molecular flexibility index (Phi) is 9.77. The summed E-state index contributed by atoms with van der Waals surface area (Å²) in [4.78, 5) is 15.5. The second-order valence-corrected chi connectivity index (χ2v) is 4.87. The molecule has 0 spiro atoms. The number of nitrogens with one attached hydrogen (secondary N) is 2. The number of aryl methyl sites for hydroxylation is 2. The molecule has 5 nitrogen and oxygen atoms in total. The van der Waals surface area contributed by atoms with Crippen LogP contribution in [-0.4, -0.2) is 25.0 Å². The van der Waals surface area contributed by atoms with Crippen LogP contribution in [-0.2, 0) is 4.79 Å². The van der Waals surface area contributed by atoms with Gasteiger partial charge in [-0.25, -0.2) is 0 Å². The number of carbonyl (C=O) groups is 1. The fraction of sp³-hybridized carbons (Fsp3) is 0.467. The van der Waals surface area contributed by atoms with Crippen molar-refractivity contribution in [3.8, 4) is 0 Å². The molecule has 6 heteroatoms. The highest BCUT2D eigenvalue weighted by Gasteiger charge is 2.00. The molecule has 0 bridgehead atoms. The minimum Gasteiger partial charge on any atom is -0.370 e. The van der Waals surface area contributed by atoms with Crippen LogP contribution in [0.2, 0.25) is 0 Å². The van der Waals surface area contributed by atoms with Crippen LogP contribution in [0.1, 0.15) is 30.9 Å². The molecule has 4 N–H and O–H groups in total. The van der Waals surface area contributed by atoms with E-state index in [0.29, 0.717) is 25.5 Å². The van der Waals surface area contributed by atoms with Crippen LogP contribution < -0.4 is 16.4 Å². The lowest BCUT2D eigenvalue weighted by Crippen LogP contribution is -2.26. The van der Waals surface area contributed by atoms with E-state index in [2.05, 4.69) is 21.7 Å². The zero-order valence-corrected chi connectivity index (χ0v) is 15.2. The smallest absolute Gasteiger partial charge is 0.221 e. The predicted molar refractivity (Wildman–Crippen MR) is 99.4 cm³/mol.